The number of amides is 3. The van der Waals surface area contributed by atoms with Crippen LogP contribution in [-0.4, -0.2) is 234 Å². The minimum Gasteiger partial charge on any atom is -0.491 e. The van der Waals surface area contributed by atoms with E-state index in [1.807, 2.05) is 4.90 Å². The molecule has 27 heteroatoms. The molecule has 2 aromatic carbocycles. The molecule has 3 aromatic rings. The van der Waals surface area contributed by atoms with Gasteiger partial charge in [0.1, 0.15) is 11.4 Å². The molecule has 422 valence electrons. The second-order valence-corrected chi connectivity index (χ2v) is 17.7. The molecule has 0 atom stereocenters. The number of hydrogen-bond donors (Lipinski definition) is 5. The molecule has 1 aromatic heterocycles. The zero-order valence-electron chi connectivity index (χ0n) is 42.6. The van der Waals surface area contributed by atoms with Crippen molar-refractivity contribution in [3.63, 3.8) is 0 Å². The van der Waals surface area contributed by atoms with E-state index >= 15 is 0 Å². The van der Waals surface area contributed by atoms with Gasteiger partial charge in [-0.05, 0) is 36.4 Å². The number of aromatic nitrogens is 1. The fourth-order valence-electron chi connectivity index (χ4n) is 7.61. The normalized spacial score (nSPS) is 14.4. The van der Waals surface area contributed by atoms with Gasteiger partial charge in [0.15, 0.2) is 0 Å². The Balaban J connectivity index is 1.04. The number of carbonyl (C=O) groups is 6. The van der Waals surface area contributed by atoms with Gasteiger partial charge in [-0.1, -0.05) is 23.7 Å². The first-order chi connectivity index (χ1) is 36.8. The number of carboxylic acids is 3. The number of aliphatic carboxylic acids is 3. The zero-order chi connectivity index (χ0) is 56.2. The highest BCUT2D eigenvalue weighted by atomic mass is 35.5. The maximum absolute atomic E-state index is 13.6. The lowest BCUT2D eigenvalue weighted by atomic mass is 9.99. The summed E-state index contributed by atoms with van der Waals surface area (Å²) in [5.74, 6) is -3.90. The van der Waals surface area contributed by atoms with Crippen LogP contribution >= 0.6 is 11.6 Å². The third-order valence-corrected chi connectivity index (χ3v) is 11.9. The molecule has 0 bridgehead atoms. The van der Waals surface area contributed by atoms with Crippen molar-refractivity contribution in [1.82, 2.24) is 35.2 Å². The standard InChI is InChI=1S/C50H65ClF3N9O14/c1-59(49(72)36-6-7-40(51)38(28-36)39-31-58-43(50(52,53)54)29-37(39)30-55)41-4-2-3-5-42(41)77-19-8-44(64)56-9-20-73-22-24-75-26-27-76-25-23-74-21-10-57-45(65)32-60-11-13-61(33-46(66)67)15-17-63(35-48(70)71)18-16-62(14-12-60)34-47(68)69/h2-7,28-29,31H,8-27,32-35H2,1H3,(H,56,64)(H,57,65)(H,66,67)(H,68,69)(H,70,71). The van der Waals surface area contributed by atoms with Crippen molar-refractivity contribution in [1.29, 1.82) is 5.26 Å². The molecule has 3 amide bonds. The van der Waals surface area contributed by atoms with E-state index in [9.17, 15) is 62.5 Å². The number of nitrogens with zero attached hydrogens (tertiary/aromatic N) is 7. The van der Waals surface area contributed by atoms with Gasteiger partial charge >= 0.3 is 24.1 Å². The maximum atomic E-state index is 13.6. The van der Waals surface area contributed by atoms with Gasteiger partial charge in [0.2, 0.25) is 11.8 Å². The molecule has 0 aliphatic carbocycles. The van der Waals surface area contributed by atoms with Gasteiger partial charge in [0.25, 0.3) is 5.91 Å². The summed E-state index contributed by atoms with van der Waals surface area (Å²) in [7, 11) is 1.50. The van der Waals surface area contributed by atoms with Crippen molar-refractivity contribution < 1.29 is 80.9 Å². The van der Waals surface area contributed by atoms with Crippen molar-refractivity contribution >= 4 is 52.9 Å². The second-order valence-electron chi connectivity index (χ2n) is 17.3. The fraction of sp³-hybridized carbons (Fsp3) is 0.520. The number of benzene rings is 2. The molecule has 1 saturated heterocycles. The van der Waals surface area contributed by atoms with Crippen LogP contribution in [0.15, 0.2) is 54.7 Å². The van der Waals surface area contributed by atoms with E-state index in [1.165, 1.54) is 30.1 Å². The molecule has 1 fully saturated rings. The van der Waals surface area contributed by atoms with E-state index in [0.717, 1.165) is 6.20 Å². The van der Waals surface area contributed by atoms with E-state index in [1.54, 1.807) is 45.0 Å². The molecule has 0 radical (unpaired) electrons. The number of nitriles is 1. The molecule has 23 nitrogen and oxygen atoms in total. The van der Waals surface area contributed by atoms with Gasteiger partial charge < -0.3 is 54.5 Å². The van der Waals surface area contributed by atoms with E-state index in [4.69, 9.17) is 35.3 Å². The van der Waals surface area contributed by atoms with Crippen molar-refractivity contribution in [2.24, 2.45) is 0 Å². The molecule has 1 aliphatic rings. The molecule has 2 heterocycles. The van der Waals surface area contributed by atoms with Crippen LogP contribution in [0.3, 0.4) is 0 Å². The van der Waals surface area contributed by atoms with E-state index < -0.39 is 35.7 Å². The molecular weight excluding hydrogens is 1040 g/mol. The number of para-hydroxylation sites is 2. The summed E-state index contributed by atoms with van der Waals surface area (Å²) >= 11 is 6.36. The predicted molar refractivity (Wildman–Crippen MR) is 272 cm³/mol. The Hall–Kier alpha value is -6.54. The Kier molecular flexibility index (Phi) is 27.5. The molecule has 77 heavy (non-hydrogen) atoms. The first-order valence-corrected chi connectivity index (χ1v) is 24.9. The van der Waals surface area contributed by atoms with Crippen molar-refractivity contribution in [2.45, 2.75) is 12.6 Å². The Bertz CT molecular complexity index is 2420. The molecule has 0 unspecified atom stereocenters. The average molecular weight is 1110 g/mol. The van der Waals surface area contributed by atoms with Crippen LogP contribution in [0.4, 0.5) is 18.9 Å². The van der Waals surface area contributed by atoms with Crippen LogP contribution in [0.1, 0.15) is 28.0 Å². The fourth-order valence-corrected chi connectivity index (χ4v) is 7.83. The highest BCUT2D eigenvalue weighted by molar-refractivity contribution is 6.33. The van der Waals surface area contributed by atoms with Gasteiger partial charge in [0, 0.05) is 100 Å². The third-order valence-electron chi connectivity index (χ3n) is 11.6. The number of halogens is 4. The summed E-state index contributed by atoms with van der Waals surface area (Å²) in [6.07, 6.45) is -3.87. The van der Waals surface area contributed by atoms with Crippen molar-refractivity contribution in [3.05, 3.63) is 76.6 Å². The second kappa shape index (κ2) is 33.6. The Labute approximate surface area is 448 Å². The zero-order valence-corrected chi connectivity index (χ0v) is 43.4. The number of anilines is 1. The molecule has 1 aliphatic heterocycles. The number of alkyl halides is 3. The van der Waals surface area contributed by atoms with E-state index in [2.05, 4.69) is 15.6 Å². The topological polar surface area (TPSA) is 286 Å². The summed E-state index contributed by atoms with van der Waals surface area (Å²) in [6, 6.07) is 13.2. The lowest BCUT2D eigenvalue weighted by Crippen LogP contribution is -2.50. The molecular formula is C50H65ClF3N9O14. The number of rotatable bonds is 30. The van der Waals surface area contributed by atoms with Crippen LogP contribution < -0.4 is 20.3 Å². The van der Waals surface area contributed by atoms with Gasteiger partial charge in [-0.2, -0.15) is 18.4 Å². The van der Waals surface area contributed by atoms with E-state index in [0.29, 0.717) is 70.1 Å². The highest BCUT2D eigenvalue weighted by Gasteiger charge is 2.33. The van der Waals surface area contributed by atoms with Crippen LogP contribution in [0, 0.1) is 11.3 Å². The minimum atomic E-state index is -4.77. The predicted octanol–water partition coefficient (Wildman–Crippen LogP) is 2.11. The minimum absolute atomic E-state index is 0.00148. The van der Waals surface area contributed by atoms with Crippen molar-refractivity contribution in [3.8, 4) is 22.9 Å². The first kappa shape index (κ1) is 63.0. The number of carbonyl (C=O) groups excluding carboxylic acids is 3. The molecule has 0 spiro atoms. The Morgan fingerprint density at radius 3 is 1.61 bits per heavy atom. The van der Waals surface area contributed by atoms with Gasteiger partial charge in [-0.3, -0.25) is 53.4 Å². The smallest absolute Gasteiger partial charge is 0.433 e. The SMILES string of the molecule is CN(C(=O)c1ccc(Cl)c(-c2cnc(C(F)(F)F)cc2C#N)c1)c1ccccc1OCCC(=O)NCCOCCOCCOCCOCCNC(=O)CN1CCN(CC(=O)O)CCN(CC(=O)O)CCN(CC(=O)O)CC1. The molecule has 5 N–H and O–H groups in total. The van der Waals surface area contributed by atoms with Crippen LogP contribution in [-0.2, 0) is 49.1 Å². The van der Waals surface area contributed by atoms with Crippen LogP contribution in [0.5, 0.6) is 5.75 Å². The van der Waals surface area contributed by atoms with Gasteiger partial charge in [-0.15, -0.1) is 0 Å². The van der Waals surface area contributed by atoms with Gasteiger partial charge in [0.05, 0.1) is 109 Å². The largest absolute Gasteiger partial charge is 0.491 e. The lowest BCUT2D eigenvalue weighted by Gasteiger charge is -2.32. The quantitative estimate of drug-likeness (QED) is 0.0598. The summed E-state index contributed by atoms with van der Waals surface area (Å²) in [4.78, 5) is 85.0. The average Bonchev–Trinajstić information content (AvgIpc) is 3.38. The maximum Gasteiger partial charge on any atom is 0.433 e. The summed E-state index contributed by atoms with van der Waals surface area (Å²) in [6.45, 7) is 4.21. The van der Waals surface area contributed by atoms with Crippen LogP contribution in [0.25, 0.3) is 11.1 Å². The number of carboxylic acid groups (broad SMARTS) is 3. The summed E-state index contributed by atoms with van der Waals surface area (Å²) in [5.41, 5.74) is -0.911. The van der Waals surface area contributed by atoms with Crippen molar-refractivity contribution in [2.75, 3.05) is 163 Å². The third kappa shape index (κ3) is 23.7. The van der Waals surface area contributed by atoms with Crippen LogP contribution in [0.2, 0.25) is 5.02 Å². The van der Waals surface area contributed by atoms with Gasteiger partial charge in [-0.25, -0.2) is 0 Å². The Morgan fingerprint density at radius 2 is 1.13 bits per heavy atom. The molecule has 0 saturated carbocycles. The summed E-state index contributed by atoms with van der Waals surface area (Å²) < 4.78 is 67.7. The summed E-state index contributed by atoms with van der Waals surface area (Å²) in [5, 5.41) is 43.4. The lowest BCUT2D eigenvalue weighted by molar-refractivity contribution is -0.141. The number of pyridine rings is 1. The van der Waals surface area contributed by atoms with E-state index in [-0.39, 0.29) is 144 Å². The first-order valence-electron chi connectivity index (χ1n) is 24.5. The highest BCUT2D eigenvalue weighted by Crippen LogP contribution is 2.36. The molecule has 4 rings (SSSR count). The Morgan fingerprint density at radius 1 is 0.662 bits per heavy atom. The monoisotopic (exact) mass is 1110 g/mol. The number of hydrogen-bond acceptors (Lipinski definition) is 17. The number of ether oxygens (including phenoxy) is 5. The number of nitrogens with one attached hydrogen (secondary N) is 2.